The zero-order valence-corrected chi connectivity index (χ0v) is 16.6. The van der Waals surface area contributed by atoms with E-state index in [2.05, 4.69) is 5.10 Å². The van der Waals surface area contributed by atoms with E-state index in [1.807, 2.05) is 24.9 Å². The second-order valence-electron chi connectivity index (χ2n) is 7.84. The van der Waals surface area contributed by atoms with E-state index in [-0.39, 0.29) is 11.8 Å². The molecule has 1 aliphatic carbocycles. The van der Waals surface area contributed by atoms with Crippen LogP contribution >= 0.6 is 0 Å². The van der Waals surface area contributed by atoms with E-state index >= 15 is 0 Å². The number of pyridine rings is 1. The highest BCUT2D eigenvalue weighted by Gasteiger charge is 2.31. The Morgan fingerprint density at radius 2 is 1.79 bits per heavy atom. The molecule has 8 heteroatoms. The summed E-state index contributed by atoms with van der Waals surface area (Å²) >= 11 is 0. The van der Waals surface area contributed by atoms with Gasteiger partial charge >= 0.3 is 0 Å². The third-order valence-electron chi connectivity index (χ3n) is 5.80. The molecule has 2 fully saturated rings. The second-order valence-corrected chi connectivity index (χ2v) is 7.84. The SMILES string of the molecule is Cc1nn(C)c2nc(C3CC3)cc(C(=O)N3CCN(C(=O)c4ccco4)CC3)c12. The Balaban J connectivity index is 1.40. The quantitative estimate of drug-likeness (QED) is 0.682. The van der Waals surface area contributed by atoms with Crippen molar-refractivity contribution >= 4 is 22.8 Å². The van der Waals surface area contributed by atoms with E-state index in [1.54, 1.807) is 21.7 Å². The smallest absolute Gasteiger partial charge is 0.289 e. The Hall–Kier alpha value is -3.16. The maximum atomic E-state index is 13.4. The third-order valence-corrected chi connectivity index (χ3v) is 5.80. The summed E-state index contributed by atoms with van der Waals surface area (Å²) in [6.07, 6.45) is 3.74. The Morgan fingerprint density at radius 1 is 1.10 bits per heavy atom. The average Bonchev–Trinajstić information content (AvgIpc) is 3.37. The number of carbonyl (C=O) groups is 2. The van der Waals surface area contributed by atoms with Crippen LogP contribution < -0.4 is 0 Å². The van der Waals surface area contributed by atoms with Gasteiger partial charge in [-0.1, -0.05) is 0 Å². The molecule has 2 amide bonds. The number of hydrogen-bond acceptors (Lipinski definition) is 5. The fraction of sp³-hybridized carbons (Fsp3) is 0.429. The van der Waals surface area contributed by atoms with E-state index in [1.165, 1.54) is 6.26 Å². The van der Waals surface area contributed by atoms with Gasteiger partial charge in [-0.2, -0.15) is 5.10 Å². The predicted molar refractivity (Wildman–Crippen MR) is 106 cm³/mol. The number of piperazine rings is 1. The molecule has 0 atom stereocenters. The number of hydrogen-bond donors (Lipinski definition) is 0. The van der Waals surface area contributed by atoms with E-state index in [0.29, 0.717) is 43.4 Å². The molecule has 0 N–H and O–H groups in total. The Kier molecular flexibility index (Phi) is 4.15. The fourth-order valence-corrected chi connectivity index (χ4v) is 4.06. The minimum Gasteiger partial charge on any atom is -0.459 e. The first kappa shape index (κ1) is 17.9. The van der Waals surface area contributed by atoms with Gasteiger partial charge in [-0.15, -0.1) is 0 Å². The summed E-state index contributed by atoms with van der Waals surface area (Å²) < 4.78 is 6.97. The molecule has 0 bridgehead atoms. The number of nitrogens with zero attached hydrogens (tertiary/aromatic N) is 5. The number of aromatic nitrogens is 3. The number of furan rings is 1. The zero-order valence-electron chi connectivity index (χ0n) is 16.6. The summed E-state index contributed by atoms with van der Waals surface area (Å²) in [6, 6.07) is 5.32. The van der Waals surface area contributed by atoms with Crippen molar-refractivity contribution in [3.63, 3.8) is 0 Å². The standard InChI is InChI=1S/C21H23N5O3/c1-13-18-15(12-16(14-5-6-14)22-19(18)24(2)23-13)20(27)25-7-9-26(10-8-25)21(28)17-4-3-11-29-17/h3-4,11-12,14H,5-10H2,1-2H3. The molecule has 0 spiro atoms. The molecular formula is C21H23N5O3. The topological polar surface area (TPSA) is 84.5 Å². The van der Waals surface area contributed by atoms with Crippen LogP contribution in [0.15, 0.2) is 28.9 Å². The molecule has 0 unspecified atom stereocenters. The molecule has 1 saturated heterocycles. The molecule has 0 radical (unpaired) electrons. The van der Waals surface area contributed by atoms with Gasteiger partial charge in [0.15, 0.2) is 11.4 Å². The molecule has 29 heavy (non-hydrogen) atoms. The largest absolute Gasteiger partial charge is 0.459 e. The summed E-state index contributed by atoms with van der Waals surface area (Å²) in [7, 11) is 1.87. The monoisotopic (exact) mass is 393 g/mol. The van der Waals surface area contributed by atoms with Crippen molar-refractivity contribution in [3.05, 3.63) is 47.2 Å². The molecule has 1 saturated carbocycles. The van der Waals surface area contributed by atoms with Gasteiger partial charge in [-0.05, 0) is 38.0 Å². The van der Waals surface area contributed by atoms with Crippen molar-refractivity contribution in [2.45, 2.75) is 25.7 Å². The highest BCUT2D eigenvalue weighted by atomic mass is 16.3. The number of rotatable bonds is 3. The van der Waals surface area contributed by atoms with Gasteiger partial charge in [-0.3, -0.25) is 14.3 Å². The van der Waals surface area contributed by atoms with Gasteiger partial charge < -0.3 is 14.2 Å². The molecule has 0 aromatic carbocycles. The average molecular weight is 393 g/mol. The number of amides is 2. The summed E-state index contributed by atoms with van der Waals surface area (Å²) in [5.41, 5.74) is 3.23. The van der Waals surface area contributed by atoms with Crippen molar-refractivity contribution in [3.8, 4) is 0 Å². The van der Waals surface area contributed by atoms with E-state index in [9.17, 15) is 9.59 Å². The van der Waals surface area contributed by atoms with E-state index in [0.717, 1.165) is 35.3 Å². The third kappa shape index (κ3) is 3.08. The van der Waals surface area contributed by atoms with E-state index in [4.69, 9.17) is 9.40 Å². The molecular weight excluding hydrogens is 370 g/mol. The Morgan fingerprint density at radius 3 is 2.41 bits per heavy atom. The van der Waals surface area contributed by atoms with Crippen LogP contribution in [0.2, 0.25) is 0 Å². The highest BCUT2D eigenvalue weighted by molar-refractivity contribution is 6.06. The first-order valence-corrected chi connectivity index (χ1v) is 9.99. The summed E-state index contributed by atoms with van der Waals surface area (Å²) in [4.78, 5) is 34.2. The molecule has 3 aromatic heterocycles. The van der Waals surface area contributed by atoms with Crippen molar-refractivity contribution in [2.75, 3.05) is 26.2 Å². The normalized spacial score (nSPS) is 17.2. The molecule has 5 rings (SSSR count). The lowest BCUT2D eigenvalue weighted by molar-refractivity contribution is 0.0519. The van der Waals surface area contributed by atoms with Gasteiger partial charge in [0.1, 0.15) is 0 Å². The first-order chi connectivity index (χ1) is 14.0. The summed E-state index contributed by atoms with van der Waals surface area (Å²) in [5, 5.41) is 5.31. The van der Waals surface area contributed by atoms with Gasteiger partial charge in [0.2, 0.25) is 0 Å². The molecule has 1 aliphatic heterocycles. The van der Waals surface area contributed by atoms with Crippen molar-refractivity contribution in [2.24, 2.45) is 7.05 Å². The van der Waals surface area contributed by atoms with Gasteiger partial charge in [0, 0.05) is 44.8 Å². The second kappa shape index (κ2) is 6.72. The molecule has 3 aromatic rings. The summed E-state index contributed by atoms with van der Waals surface area (Å²) in [5.74, 6) is 0.637. The number of fused-ring (bicyclic) bond motifs is 1. The van der Waals surface area contributed by atoms with Gasteiger partial charge in [-0.25, -0.2) is 4.98 Å². The number of aryl methyl sites for hydroxylation is 2. The first-order valence-electron chi connectivity index (χ1n) is 9.99. The number of carbonyl (C=O) groups excluding carboxylic acids is 2. The lowest BCUT2D eigenvalue weighted by Gasteiger charge is -2.34. The van der Waals surface area contributed by atoms with Gasteiger partial charge in [0.05, 0.1) is 22.9 Å². The molecule has 8 nitrogen and oxygen atoms in total. The maximum absolute atomic E-state index is 13.4. The van der Waals surface area contributed by atoms with Crippen LogP contribution in [0.1, 0.15) is 51.1 Å². The Bertz CT molecular complexity index is 1090. The lowest BCUT2D eigenvalue weighted by Crippen LogP contribution is -2.50. The van der Waals surface area contributed by atoms with Crippen LogP contribution in [0, 0.1) is 6.92 Å². The summed E-state index contributed by atoms with van der Waals surface area (Å²) in [6.45, 7) is 3.87. The van der Waals surface area contributed by atoms with Gasteiger partial charge in [0.25, 0.3) is 11.8 Å². The minimum absolute atomic E-state index is 0.0134. The van der Waals surface area contributed by atoms with Crippen LogP contribution in [0.4, 0.5) is 0 Å². The predicted octanol–water partition coefficient (Wildman–Crippen LogP) is 2.35. The lowest BCUT2D eigenvalue weighted by atomic mass is 10.1. The van der Waals surface area contributed by atoms with Crippen LogP contribution in [-0.4, -0.2) is 62.6 Å². The van der Waals surface area contributed by atoms with Crippen LogP contribution in [0.25, 0.3) is 11.0 Å². The van der Waals surface area contributed by atoms with Crippen molar-refractivity contribution in [1.82, 2.24) is 24.6 Å². The maximum Gasteiger partial charge on any atom is 0.289 e. The zero-order chi connectivity index (χ0) is 20.1. The van der Waals surface area contributed by atoms with Crippen LogP contribution in [-0.2, 0) is 7.05 Å². The highest BCUT2D eigenvalue weighted by Crippen LogP contribution is 2.40. The van der Waals surface area contributed by atoms with Crippen molar-refractivity contribution in [1.29, 1.82) is 0 Å². The van der Waals surface area contributed by atoms with Crippen LogP contribution in [0.3, 0.4) is 0 Å². The molecule has 150 valence electrons. The Labute approximate surface area is 168 Å². The fourth-order valence-electron chi connectivity index (χ4n) is 4.06. The molecule has 4 heterocycles. The van der Waals surface area contributed by atoms with E-state index < -0.39 is 0 Å². The van der Waals surface area contributed by atoms with Crippen LogP contribution in [0.5, 0.6) is 0 Å². The van der Waals surface area contributed by atoms with Crippen molar-refractivity contribution < 1.29 is 14.0 Å². The minimum atomic E-state index is -0.132. The molecule has 2 aliphatic rings.